The Labute approximate surface area is 141 Å². The monoisotopic (exact) mass is 336 g/mol. The number of carbonyl (C=O) groups is 1. The molecule has 1 amide bonds. The number of nitrogens with one attached hydrogen (secondary N) is 1. The van der Waals surface area contributed by atoms with Crippen LogP contribution in [0.3, 0.4) is 0 Å². The molecule has 0 bridgehead atoms. The van der Waals surface area contributed by atoms with Gasteiger partial charge in [-0.25, -0.2) is 9.78 Å². The van der Waals surface area contributed by atoms with Crippen LogP contribution in [0.25, 0.3) is 0 Å². The average Bonchev–Trinajstić information content (AvgIpc) is 2.45. The van der Waals surface area contributed by atoms with Crippen LogP contribution in [-0.2, 0) is 4.74 Å². The van der Waals surface area contributed by atoms with Gasteiger partial charge in [-0.15, -0.1) is 0 Å². The van der Waals surface area contributed by atoms with Crippen molar-refractivity contribution in [3.63, 3.8) is 0 Å². The van der Waals surface area contributed by atoms with Crippen LogP contribution in [-0.4, -0.2) is 35.8 Å². The molecular weight excluding hydrogens is 316 g/mol. The van der Waals surface area contributed by atoms with Crippen LogP contribution >= 0.6 is 11.6 Å². The van der Waals surface area contributed by atoms with Crippen molar-refractivity contribution in [1.29, 1.82) is 5.26 Å². The number of nitrogens with zero attached hydrogens (tertiary/aromatic N) is 3. The van der Waals surface area contributed by atoms with Crippen LogP contribution in [0.2, 0.25) is 5.15 Å². The first-order chi connectivity index (χ1) is 10.8. The van der Waals surface area contributed by atoms with Gasteiger partial charge >= 0.3 is 6.09 Å². The quantitative estimate of drug-likeness (QED) is 0.839. The molecule has 0 atom stereocenters. The first-order valence-corrected chi connectivity index (χ1v) is 7.97. The molecule has 1 N–H and O–H groups in total. The highest BCUT2D eigenvalue weighted by atomic mass is 35.5. The number of pyridine rings is 1. The van der Waals surface area contributed by atoms with Crippen LogP contribution in [0.1, 0.15) is 39.2 Å². The van der Waals surface area contributed by atoms with E-state index in [9.17, 15) is 4.79 Å². The van der Waals surface area contributed by atoms with Crippen molar-refractivity contribution in [1.82, 2.24) is 10.3 Å². The number of amides is 1. The minimum atomic E-state index is -0.497. The summed E-state index contributed by atoms with van der Waals surface area (Å²) in [6.45, 7) is 6.99. The number of halogens is 1. The van der Waals surface area contributed by atoms with Gasteiger partial charge in [-0.2, -0.15) is 5.26 Å². The summed E-state index contributed by atoms with van der Waals surface area (Å²) >= 11 is 5.94. The van der Waals surface area contributed by atoms with E-state index in [1.165, 1.54) is 0 Å². The fraction of sp³-hybridized carbons (Fsp3) is 0.562. The predicted molar refractivity (Wildman–Crippen MR) is 88.6 cm³/mol. The third-order valence-electron chi connectivity index (χ3n) is 3.45. The minimum absolute atomic E-state index is 0.0794. The van der Waals surface area contributed by atoms with Crippen LogP contribution in [0.4, 0.5) is 10.6 Å². The summed E-state index contributed by atoms with van der Waals surface area (Å²) in [6, 6.07) is 5.43. The molecule has 0 aromatic carbocycles. The summed E-state index contributed by atoms with van der Waals surface area (Å²) in [5.41, 5.74) is -0.00239. The van der Waals surface area contributed by atoms with Crippen molar-refractivity contribution in [2.45, 2.75) is 45.3 Å². The van der Waals surface area contributed by atoms with Gasteiger partial charge in [0.25, 0.3) is 0 Å². The molecule has 124 valence electrons. The van der Waals surface area contributed by atoms with Gasteiger partial charge in [0.15, 0.2) is 0 Å². The Morgan fingerprint density at radius 3 is 2.65 bits per heavy atom. The van der Waals surface area contributed by atoms with Crippen molar-refractivity contribution < 1.29 is 9.53 Å². The van der Waals surface area contributed by atoms with E-state index in [4.69, 9.17) is 21.6 Å². The molecule has 1 saturated heterocycles. The fourth-order valence-corrected chi connectivity index (χ4v) is 2.64. The first-order valence-electron chi connectivity index (χ1n) is 7.59. The molecule has 1 aromatic heterocycles. The predicted octanol–water partition coefficient (Wildman–Crippen LogP) is 3.10. The number of rotatable bonds is 2. The third-order valence-corrected chi connectivity index (χ3v) is 3.64. The van der Waals surface area contributed by atoms with Crippen molar-refractivity contribution >= 4 is 23.5 Å². The summed E-state index contributed by atoms with van der Waals surface area (Å²) in [5, 5.41) is 12.2. The van der Waals surface area contributed by atoms with E-state index in [-0.39, 0.29) is 12.1 Å². The summed E-state index contributed by atoms with van der Waals surface area (Å²) in [4.78, 5) is 18.1. The third kappa shape index (κ3) is 5.29. The molecule has 0 radical (unpaired) electrons. The molecule has 1 aliphatic rings. The van der Waals surface area contributed by atoms with Gasteiger partial charge in [-0.3, -0.25) is 0 Å². The van der Waals surface area contributed by atoms with E-state index in [1.807, 2.05) is 20.8 Å². The Hall–Kier alpha value is -2.00. The van der Waals surface area contributed by atoms with Gasteiger partial charge in [0.05, 0.1) is 11.6 Å². The number of alkyl carbamates (subject to hydrolysis) is 1. The smallest absolute Gasteiger partial charge is 0.407 e. The Bertz CT molecular complexity index is 613. The SMILES string of the molecule is CC(C)(C)OC(=O)NC1CCN(c2cc(C#N)cc(Cl)n2)CC1. The Balaban J connectivity index is 1.90. The molecular formula is C16H21ClN4O2. The second-order valence-electron chi connectivity index (χ2n) is 6.56. The van der Waals surface area contributed by atoms with E-state index < -0.39 is 5.60 Å². The maximum absolute atomic E-state index is 11.8. The Kier molecular flexibility index (Phi) is 5.32. The van der Waals surface area contributed by atoms with Crippen molar-refractivity contribution in [2.24, 2.45) is 0 Å². The highest BCUT2D eigenvalue weighted by molar-refractivity contribution is 6.29. The molecule has 0 unspecified atom stereocenters. The van der Waals surface area contributed by atoms with Crippen LogP contribution < -0.4 is 10.2 Å². The number of ether oxygens (including phenoxy) is 1. The molecule has 0 saturated carbocycles. The lowest BCUT2D eigenvalue weighted by molar-refractivity contribution is 0.0497. The van der Waals surface area contributed by atoms with Crippen LogP contribution in [0.15, 0.2) is 12.1 Å². The van der Waals surface area contributed by atoms with Crippen molar-refractivity contribution in [3.05, 3.63) is 22.8 Å². The minimum Gasteiger partial charge on any atom is -0.444 e. The normalized spacial score (nSPS) is 15.9. The van der Waals surface area contributed by atoms with Gasteiger partial charge in [-0.05, 0) is 45.7 Å². The molecule has 0 aliphatic carbocycles. The van der Waals surface area contributed by atoms with Gasteiger partial charge in [0.2, 0.25) is 0 Å². The zero-order valence-electron chi connectivity index (χ0n) is 13.6. The van der Waals surface area contributed by atoms with E-state index >= 15 is 0 Å². The van der Waals surface area contributed by atoms with Crippen molar-refractivity contribution in [2.75, 3.05) is 18.0 Å². The molecule has 7 heteroatoms. The molecule has 0 spiro atoms. The standard InChI is InChI=1S/C16H21ClN4O2/c1-16(2,3)23-15(22)19-12-4-6-21(7-5-12)14-9-11(10-18)8-13(17)20-14/h8-9,12H,4-7H2,1-3H3,(H,19,22). The average molecular weight is 337 g/mol. The van der Waals surface area contributed by atoms with Gasteiger partial charge in [-0.1, -0.05) is 11.6 Å². The van der Waals surface area contributed by atoms with Crippen molar-refractivity contribution in [3.8, 4) is 6.07 Å². The molecule has 1 aromatic rings. The maximum atomic E-state index is 11.8. The lowest BCUT2D eigenvalue weighted by Crippen LogP contribution is -2.46. The summed E-state index contributed by atoms with van der Waals surface area (Å²) in [5.74, 6) is 0.699. The van der Waals surface area contributed by atoms with Crippen LogP contribution in [0.5, 0.6) is 0 Å². The van der Waals surface area contributed by atoms with Crippen LogP contribution in [0, 0.1) is 11.3 Å². The van der Waals surface area contributed by atoms with E-state index in [2.05, 4.69) is 21.3 Å². The zero-order valence-corrected chi connectivity index (χ0v) is 14.4. The number of aromatic nitrogens is 1. The number of anilines is 1. The summed E-state index contributed by atoms with van der Waals surface area (Å²) in [6.07, 6.45) is 1.19. The number of hydrogen-bond acceptors (Lipinski definition) is 5. The molecule has 2 heterocycles. The number of piperidine rings is 1. The second-order valence-corrected chi connectivity index (χ2v) is 6.94. The summed E-state index contributed by atoms with van der Waals surface area (Å²) < 4.78 is 5.27. The van der Waals surface area contributed by atoms with Gasteiger partial charge in [0.1, 0.15) is 16.6 Å². The molecule has 2 rings (SSSR count). The van der Waals surface area contributed by atoms with E-state index in [0.29, 0.717) is 16.5 Å². The zero-order chi connectivity index (χ0) is 17.0. The highest BCUT2D eigenvalue weighted by Crippen LogP contribution is 2.22. The van der Waals surface area contributed by atoms with Gasteiger partial charge < -0.3 is 15.0 Å². The Morgan fingerprint density at radius 2 is 2.09 bits per heavy atom. The highest BCUT2D eigenvalue weighted by Gasteiger charge is 2.24. The van der Waals surface area contributed by atoms with Gasteiger partial charge in [0, 0.05) is 19.1 Å². The molecule has 1 fully saturated rings. The van der Waals surface area contributed by atoms with E-state index in [0.717, 1.165) is 25.9 Å². The number of carbonyl (C=O) groups excluding carboxylic acids is 1. The first kappa shape index (κ1) is 17.4. The molecule has 23 heavy (non-hydrogen) atoms. The number of hydrogen-bond donors (Lipinski definition) is 1. The maximum Gasteiger partial charge on any atom is 0.407 e. The molecule has 6 nitrogen and oxygen atoms in total. The number of nitriles is 1. The summed E-state index contributed by atoms with van der Waals surface area (Å²) in [7, 11) is 0. The largest absolute Gasteiger partial charge is 0.444 e. The molecule has 1 aliphatic heterocycles. The van der Waals surface area contributed by atoms with E-state index in [1.54, 1.807) is 12.1 Å². The topological polar surface area (TPSA) is 78.2 Å². The lowest BCUT2D eigenvalue weighted by Gasteiger charge is -2.33. The lowest BCUT2D eigenvalue weighted by atomic mass is 10.1. The second kappa shape index (κ2) is 7.05. The fourth-order valence-electron chi connectivity index (χ4n) is 2.44. The Morgan fingerprint density at radius 1 is 1.43 bits per heavy atom.